The van der Waals surface area contributed by atoms with Gasteiger partial charge in [-0.1, -0.05) is 13.8 Å². The Morgan fingerprint density at radius 1 is 1.04 bits per heavy atom. The van der Waals surface area contributed by atoms with E-state index in [0.29, 0.717) is 12.1 Å². The second kappa shape index (κ2) is 15.5. The van der Waals surface area contributed by atoms with E-state index in [2.05, 4.69) is 64.1 Å². The van der Waals surface area contributed by atoms with E-state index in [4.69, 9.17) is 4.99 Å². The second-order valence-electron chi connectivity index (χ2n) is 7.06. The molecule has 0 aromatic heterocycles. The van der Waals surface area contributed by atoms with Gasteiger partial charge in [-0.2, -0.15) is 0 Å². The molecule has 23 heavy (non-hydrogen) atoms. The number of nitrogens with one attached hydrogen (secondary N) is 2. The van der Waals surface area contributed by atoms with Gasteiger partial charge in [0.05, 0.1) is 0 Å². The smallest absolute Gasteiger partial charge is 0.191 e. The molecule has 0 rings (SSSR count). The maximum absolute atomic E-state index is 4.70. The van der Waals surface area contributed by atoms with Crippen molar-refractivity contribution in [3.63, 3.8) is 0 Å². The maximum Gasteiger partial charge on any atom is 0.191 e. The van der Waals surface area contributed by atoms with Crippen LogP contribution in [0.2, 0.25) is 0 Å². The molecule has 1 atom stereocenters. The van der Waals surface area contributed by atoms with Crippen LogP contribution in [0.1, 0.15) is 67.2 Å². The van der Waals surface area contributed by atoms with Crippen molar-refractivity contribution in [1.29, 1.82) is 0 Å². The van der Waals surface area contributed by atoms with E-state index in [1.165, 1.54) is 19.3 Å². The molecule has 5 heteroatoms. The number of halogens is 1. The van der Waals surface area contributed by atoms with Gasteiger partial charge in [-0.05, 0) is 72.9 Å². The second-order valence-corrected chi connectivity index (χ2v) is 7.06. The van der Waals surface area contributed by atoms with Crippen molar-refractivity contribution in [2.24, 2.45) is 10.9 Å². The Kier molecular flexibility index (Phi) is 17.0. The molecule has 0 radical (unpaired) electrons. The van der Waals surface area contributed by atoms with Crippen LogP contribution in [0.15, 0.2) is 4.99 Å². The van der Waals surface area contributed by atoms with E-state index < -0.39 is 0 Å². The first-order chi connectivity index (χ1) is 10.4. The normalized spacial score (nSPS) is 13.4. The number of guanidine groups is 1. The molecule has 2 N–H and O–H groups in total. The van der Waals surface area contributed by atoms with Gasteiger partial charge >= 0.3 is 0 Å². The summed E-state index contributed by atoms with van der Waals surface area (Å²) in [6.45, 7) is 16.4. The highest BCUT2D eigenvalue weighted by atomic mass is 127. The van der Waals surface area contributed by atoms with Crippen molar-refractivity contribution in [2.75, 3.05) is 26.7 Å². The van der Waals surface area contributed by atoms with E-state index in [1.807, 2.05) is 0 Å². The highest BCUT2D eigenvalue weighted by Crippen LogP contribution is 2.06. The molecule has 0 bridgehead atoms. The quantitative estimate of drug-likeness (QED) is 0.220. The number of nitrogens with zero attached hydrogens (tertiary/aromatic N) is 2. The average molecular weight is 440 g/mol. The predicted octanol–water partition coefficient (Wildman–Crippen LogP) is 4.10. The molecular formula is C18H41IN4. The van der Waals surface area contributed by atoms with Crippen molar-refractivity contribution in [1.82, 2.24) is 15.5 Å². The van der Waals surface area contributed by atoms with Crippen molar-refractivity contribution in [3.05, 3.63) is 0 Å². The minimum Gasteiger partial charge on any atom is -0.357 e. The Morgan fingerprint density at radius 3 is 2.22 bits per heavy atom. The van der Waals surface area contributed by atoms with Gasteiger partial charge in [-0.25, -0.2) is 0 Å². The van der Waals surface area contributed by atoms with Gasteiger partial charge in [0, 0.05) is 25.2 Å². The fourth-order valence-electron chi connectivity index (χ4n) is 2.13. The van der Waals surface area contributed by atoms with Gasteiger partial charge in [0.15, 0.2) is 5.96 Å². The third-order valence-electron chi connectivity index (χ3n) is 3.97. The van der Waals surface area contributed by atoms with E-state index >= 15 is 0 Å². The van der Waals surface area contributed by atoms with Gasteiger partial charge in [0.1, 0.15) is 0 Å². The average Bonchev–Trinajstić information content (AvgIpc) is 2.44. The largest absolute Gasteiger partial charge is 0.357 e. The standard InChI is InChI=1S/C18H40N4.HI/c1-8-19-18(21-17(6)12-11-15(2)3)20-13-9-10-14-22(7)16(4)5;/h15-17H,8-14H2,1-7H3,(H2,19,20,21);1H. The number of hydrogen-bond donors (Lipinski definition) is 2. The van der Waals surface area contributed by atoms with Gasteiger partial charge in [-0.15, -0.1) is 24.0 Å². The fraction of sp³-hybridized carbons (Fsp3) is 0.944. The van der Waals surface area contributed by atoms with Crippen molar-refractivity contribution in [2.45, 2.75) is 79.3 Å². The highest BCUT2D eigenvalue weighted by Gasteiger charge is 2.06. The number of rotatable bonds is 11. The molecule has 0 spiro atoms. The Hall–Kier alpha value is -0.0400. The minimum atomic E-state index is 0. The van der Waals surface area contributed by atoms with Crippen LogP contribution in [-0.2, 0) is 0 Å². The van der Waals surface area contributed by atoms with Crippen molar-refractivity contribution in [3.8, 4) is 0 Å². The molecule has 0 saturated heterocycles. The number of unbranched alkanes of at least 4 members (excludes halogenated alkanes) is 1. The summed E-state index contributed by atoms with van der Waals surface area (Å²) in [5, 5.41) is 6.87. The summed E-state index contributed by atoms with van der Waals surface area (Å²) < 4.78 is 0. The van der Waals surface area contributed by atoms with Crippen LogP contribution < -0.4 is 10.6 Å². The molecule has 0 saturated carbocycles. The molecule has 0 aliphatic carbocycles. The van der Waals surface area contributed by atoms with Crippen LogP contribution in [0.25, 0.3) is 0 Å². The molecule has 0 aromatic carbocycles. The van der Waals surface area contributed by atoms with Crippen LogP contribution in [0.3, 0.4) is 0 Å². The monoisotopic (exact) mass is 440 g/mol. The topological polar surface area (TPSA) is 39.7 Å². The first-order valence-electron chi connectivity index (χ1n) is 9.11. The summed E-state index contributed by atoms with van der Waals surface area (Å²) >= 11 is 0. The van der Waals surface area contributed by atoms with Gasteiger partial charge in [0.25, 0.3) is 0 Å². The Morgan fingerprint density at radius 2 is 1.70 bits per heavy atom. The Balaban J connectivity index is 0. The minimum absolute atomic E-state index is 0. The highest BCUT2D eigenvalue weighted by molar-refractivity contribution is 14.0. The molecule has 0 aromatic rings. The molecule has 140 valence electrons. The lowest BCUT2D eigenvalue weighted by molar-refractivity contribution is 0.269. The first-order valence-corrected chi connectivity index (χ1v) is 9.11. The molecule has 0 fully saturated rings. The number of hydrogen-bond acceptors (Lipinski definition) is 2. The maximum atomic E-state index is 4.70. The zero-order valence-electron chi connectivity index (χ0n) is 16.5. The van der Waals surface area contributed by atoms with Gasteiger partial charge in [-0.3, -0.25) is 4.99 Å². The van der Waals surface area contributed by atoms with Crippen molar-refractivity contribution < 1.29 is 0 Å². The summed E-state index contributed by atoms with van der Waals surface area (Å²) in [4.78, 5) is 7.09. The van der Waals surface area contributed by atoms with Crippen LogP contribution in [0, 0.1) is 5.92 Å². The lowest BCUT2D eigenvalue weighted by Gasteiger charge is -2.20. The molecule has 0 aliphatic heterocycles. The summed E-state index contributed by atoms with van der Waals surface area (Å²) in [5.74, 6) is 1.73. The summed E-state index contributed by atoms with van der Waals surface area (Å²) in [7, 11) is 2.19. The molecule has 1 unspecified atom stereocenters. The van der Waals surface area contributed by atoms with Gasteiger partial charge in [0.2, 0.25) is 0 Å². The van der Waals surface area contributed by atoms with Crippen LogP contribution in [0.4, 0.5) is 0 Å². The van der Waals surface area contributed by atoms with Crippen molar-refractivity contribution >= 4 is 29.9 Å². The summed E-state index contributed by atoms with van der Waals surface area (Å²) in [6.07, 6.45) is 4.81. The molecular weight excluding hydrogens is 399 g/mol. The lowest BCUT2D eigenvalue weighted by atomic mass is 10.0. The predicted molar refractivity (Wildman–Crippen MR) is 115 cm³/mol. The fourth-order valence-corrected chi connectivity index (χ4v) is 2.13. The first kappa shape index (κ1) is 25.2. The lowest BCUT2D eigenvalue weighted by Crippen LogP contribution is -2.42. The van der Waals surface area contributed by atoms with Crippen LogP contribution in [0.5, 0.6) is 0 Å². The third-order valence-corrected chi connectivity index (χ3v) is 3.97. The molecule has 4 nitrogen and oxygen atoms in total. The van der Waals surface area contributed by atoms with E-state index in [0.717, 1.165) is 37.9 Å². The Bertz CT molecular complexity index is 293. The summed E-state index contributed by atoms with van der Waals surface area (Å²) in [5.41, 5.74) is 0. The van der Waals surface area contributed by atoms with E-state index in [-0.39, 0.29) is 24.0 Å². The summed E-state index contributed by atoms with van der Waals surface area (Å²) in [6, 6.07) is 1.11. The Labute approximate surface area is 162 Å². The van der Waals surface area contributed by atoms with Crippen LogP contribution >= 0.6 is 24.0 Å². The number of aliphatic imine (C=N–C) groups is 1. The zero-order chi connectivity index (χ0) is 17.0. The molecule has 0 heterocycles. The zero-order valence-corrected chi connectivity index (χ0v) is 18.8. The van der Waals surface area contributed by atoms with E-state index in [9.17, 15) is 0 Å². The van der Waals surface area contributed by atoms with E-state index in [1.54, 1.807) is 0 Å². The third kappa shape index (κ3) is 15.2. The van der Waals surface area contributed by atoms with Gasteiger partial charge < -0.3 is 15.5 Å². The molecule has 0 amide bonds. The van der Waals surface area contributed by atoms with Crippen LogP contribution in [-0.4, -0.2) is 49.6 Å². The molecule has 0 aliphatic rings. The SMILES string of the molecule is CCNC(=NCCCCN(C)C(C)C)NC(C)CCC(C)C.I.